The first-order valence-electron chi connectivity index (χ1n) is 4.70. The lowest BCUT2D eigenvalue weighted by atomic mass is 10.2. The van der Waals surface area contributed by atoms with Crippen LogP contribution in [0.3, 0.4) is 0 Å². The maximum atomic E-state index is 8.99. The zero-order valence-corrected chi connectivity index (χ0v) is 9.92. The quantitative estimate of drug-likeness (QED) is 0.880. The van der Waals surface area contributed by atoms with Gasteiger partial charge < -0.3 is 10.4 Å². The van der Waals surface area contributed by atoms with Crippen LogP contribution in [0.5, 0.6) is 0 Å². The number of hydrogen-bond donors (Lipinski definition) is 2. The summed E-state index contributed by atoms with van der Waals surface area (Å²) in [6, 6.07) is 7.55. The molecule has 0 aliphatic carbocycles. The first-order valence-corrected chi connectivity index (χ1v) is 5.85. The summed E-state index contributed by atoms with van der Waals surface area (Å²) in [5, 5.41) is 16.1. The first-order chi connectivity index (χ1) is 7.79. The van der Waals surface area contributed by atoms with Crippen LogP contribution in [0.1, 0.15) is 11.3 Å². The van der Waals surface area contributed by atoms with E-state index in [4.69, 9.17) is 16.7 Å². The third-order valence-electron chi connectivity index (χ3n) is 2.08. The van der Waals surface area contributed by atoms with Crippen LogP contribution in [0.2, 0.25) is 4.34 Å². The zero-order valence-electron chi connectivity index (χ0n) is 8.35. The summed E-state index contributed by atoms with van der Waals surface area (Å²) in [5.41, 5.74) is 2.53. The molecule has 0 saturated carbocycles. The van der Waals surface area contributed by atoms with Gasteiger partial charge in [-0.15, -0.1) is 5.10 Å². The molecule has 0 aliphatic heterocycles. The molecule has 2 aromatic rings. The molecule has 16 heavy (non-hydrogen) atoms. The highest BCUT2D eigenvalue weighted by atomic mass is 35.5. The molecule has 1 heterocycles. The van der Waals surface area contributed by atoms with Crippen molar-refractivity contribution in [3.05, 3.63) is 39.9 Å². The zero-order chi connectivity index (χ0) is 11.4. The van der Waals surface area contributed by atoms with Crippen molar-refractivity contribution >= 4 is 28.8 Å². The second kappa shape index (κ2) is 5.25. The molecule has 6 heteroatoms. The number of aromatic nitrogens is 2. The standard InChI is InChI=1S/C10H10ClN3OS/c11-10-9(13-14-16-10)5-12-8-3-1-2-7(4-8)6-15/h1-4,12,15H,5-6H2. The highest BCUT2D eigenvalue weighted by Crippen LogP contribution is 2.19. The summed E-state index contributed by atoms with van der Waals surface area (Å²) in [6.07, 6.45) is 0. The van der Waals surface area contributed by atoms with E-state index in [2.05, 4.69) is 14.9 Å². The Hall–Kier alpha value is -1.17. The summed E-state index contributed by atoms with van der Waals surface area (Å²) in [4.78, 5) is 0. The van der Waals surface area contributed by atoms with Gasteiger partial charge in [0.05, 0.1) is 13.2 Å². The van der Waals surface area contributed by atoms with Crippen LogP contribution in [0.15, 0.2) is 24.3 Å². The Balaban J connectivity index is 2.02. The molecule has 0 spiro atoms. The van der Waals surface area contributed by atoms with Crippen molar-refractivity contribution in [1.29, 1.82) is 0 Å². The minimum Gasteiger partial charge on any atom is -0.392 e. The molecule has 2 rings (SSSR count). The highest BCUT2D eigenvalue weighted by molar-refractivity contribution is 7.10. The molecule has 0 amide bonds. The predicted molar refractivity (Wildman–Crippen MR) is 64.6 cm³/mol. The molecule has 0 aliphatic rings. The molecule has 0 bridgehead atoms. The van der Waals surface area contributed by atoms with E-state index in [1.54, 1.807) is 0 Å². The number of halogens is 1. The number of aliphatic hydroxyl groups is 1. The molecule has 0 fully saturated rings. The number of rotatable bonds is 4. The molecule has 84 valence electrons. The van der Waals surface area contributed by atoms with Crippen molar-refractivity contribution in [2.24, 2.45) is 0 Å². The number of nitrogens with one attached hydrogen (secondary N) is 1. The molecule has 1 aromatic heterocycles. The van der Waals surface area contributed by atoms with Gasteiger partial charge in [0.1, 0.15) is 10.0 Å². The van der Waals surface area contributed by atoms with E-state index >= 15 is 0 Å². The fraction of sp³-hybridized carbons (Fsp3) is 0.200. The number of aliphatic hydroxyl groups excluding tert-OH is 1. The van der Waals surface area contributed by atoms with Gasteiger partial charge in [-0.05, 0) is 17.7 Å². The van der Waals surface area contributed by atoms with Crippen LogP contribution >= 0.6 is 23.1 Å². The summed E-state index contributed by atoms with van der Waals surface area (Å²) in [7, 11) is 0. The van der Waals surface area contributed by atoms with Crippen LogP contribution in [0.4, 0.5) is 5.69 Å². The largest absolute Gasteiger partial charge is 0.392 e. The number of nitrogens with zero attached hydrogens (tertiary/aromatic N) is 2. The summed E-state index contributed by atoms with van der Waals surface area (Å²) >= 11 is 7.05. The van der Waals surface area contributed by atoms with E-state index in [1.807, 2.05) is 24.3 Å². The molecule has 0 unspecified atom stereocenters. The van der Waals surface area contributed by atoms with Crippen LogP contribution in [0, 0.1) is 0 Å². The maximum Gasteiger partial charge on any atom is 0.139 e. The maximum absolute atomic E-state index is 8.99. The summed E-state index contributed by atoms with van der Waals surface area (Å²) in [6.45, 7) is 0.568. The van der Waals surface area contributed by atoms with Gasteiger partial charge in [-0.2, -0.15) is 0 Å². The van der Waals surface area contributed by atoms with E-state index < -0.39 is 0 Å². The van der Waals surface area contributed by atoms with Crippen molar-refractivity contribution in [3.63, 3.8) is 0 Å². The van der Waals surface area contributed by atoms with Gasteiger partial charge in [-0.3, -0.25) is 0 Å². The normalized spacial score (nSPS) is 10.4. The molecule has 2 N–H and O–H groups in total. The molecule has 0 radical (unpaired) electrons. The molecule has 1 aromatic carbocycles. The second-order valence-corrected chi connectivity index (χ2v) is 4.56. The Bertz CT molecular complexity index is 475. The van der Waals surface area contributed by atoms with Gasteiger partial charge in [0.25, 0.3) is 0 Å². The van der Waals surface area contributed by atoms with Crippen LogP contribution in [0.25, 0.3) is 0 Å². The Morgan fingerprint density at radius 1 is 1.44 bits per heavy atom. The fourth-order valence-corrected chi connectivity index (χ4v) is 1.89. The number of hydrogen-bond acceptors (Lipinski definition) is 5. The lowest BCUT2D eigenvalue weighted by Crippen LogP contribution is -2.00. The molecular weight excluding hydrogens is 246 g/mol. The SMILES string of the molecule is OCc1cccc(NCc2nnsc2Cl)c1. The van der Waals surface area contributed by atoms with E-state index in [1.165, 1.54) is 11.5 Å². The number of anilines is 1. The second-order valence-electron chi connectivity index (χ2n) is 3.21. The van der Waals surface area contributed by atoms with Crippen molar-refractivity contribution in [2.75, 3.05) is 5.32 Å². The average molecular weight is 256 g/mol. The van der Waals surface area contributed by atoms with Gasteiger partial charge >= 0.3 is 0 Å². The molecule has 0 saturated heterocycles. The Labute approximate surface area is 102 Å². The minimum absolute atomic E-state index is 0.0362. The van der Waals surface area contributed by atoms with E-state index in [9.17, 15) is 0 Å². The lowest BCUT2D eigenvalue weighted by Gasteiger charge is -2.05. The third kappa shape index (κ3) is 2.69. The van der Waals surface area contributed by atoms with Crippen molar-refractivity contribution in [3.8, 4) is 0 Å². The molecule has 0 atom stereocenters. The average Bonchev–Trinajstić information content (AvgIpc) is 2.72. The van der Waals surface area contributed by atoms with Crippen LogP contribution in [-0.4, -0.2) is 14.7 Å². The van der Waals surface area contributed by atoms with Gasteiger partial charge in [0.2, 0.25) is 0 Å². The summed E-state index contributed by atoms with van der Waals surface area (Å²) in [5.74, 6) is 0. The predicted octanol–water partition coefficient (Wildman–Crippen LogP) is 2.30. The van der Waals surface area contributed by atoms with Crippen LogP contribution < -0.4 is 5.32 Å². The monoisotopic (exact) mass is 255 g/mol. The van der Waals surface area contributed by atoms with Gasteiger partial charge in [0, 0.05) is 17.2 Å². The Morgan fingerprint density at radius 3 is 3.00 bits per heavy atom. The minimum atomic E-state index is 0.0362. The van der Waals surface area contributed by atoms with Crippen molar-refractivity contribution in [1.82, 2.24) is 9.59 Å². The van der Waals surface area contributed by atoms with E-state index in [-0.39, 0.29) is 6.61 Å². The van der Waals surface area contributed by atoms with Gasteiger partial charge in [-0.1, -0.05) is 28.2 Å². The topological polar surface area (TPSA) is 58.0 Å². The Kier molecular flexibility index (Phi) is 3.71. The van der Waals surface area contributed by atoms with Crippen molar-refractivity contribution < 1.29 is 5.11 Å². The third-order valence-corrected chi connectivity index (χ3v) is 3.06. The fourth-order valence-electron chi connectivity index (χ4n) is 1.27. The highest BCUT2D eigenvalue weighted by Gasteiger charge is 2.04. The number of benzene rings is 1. The van der Waals surface area contributed by atoms with E-state index in [0.717, 1.165) is 16.9 Å². The van der Waals surface area contributed by atoms with Crippen LogP contribution in [-0.2, 0) is 13.2 Å². The van der Waals surface area contributed by atoms with Gasteiger partial charge in [-0.25, -0.2) is 0 Å². The van der Waals surface area contributed by atoms with Gasteiger partial charge in [0.15, 0.2) is 0 Å². The smallest absolute Gasteiger partial charge is 0.139 e. The first kappa shape index (κ1) is 11.3. The van der Waals surface area contributed by atoms with E-state index in [0.29, 0.717) is 10.9 Å². The molecular formula is C10H10ClN3OS. The van der Waals surface area contributed by atoms with Crippen molar-refractivity contribution in [2.45, 2.75) is 13.2 Å². The summed E-state index contributed by atoms with van der Waals surface area (Å²) < 4.78 is 4.35. The lowest BCUT2D eigenvalue weighted by molar-refractivity contribution is 0.282. The molecule has 4 nitrogen and oxygen atoms in total. The Morgan fingerprint density at radius 2 is 2.31 bits per heavy atom.